The van der Waals surface area contributed by atoms with Crippen molar-refractivity contribution in [2.75, 3.05) is 19.6 Å². The Bertz CT molecular complexity index is 685. The second-order valence-electron chi connectivity index (χ2n) is 6.31. The molecule has 4 rings (SSSR count). The molecule has 23 heavy (non-hydrogen) atoms. The van der Waals surface area contributed by atoms with E-state index in [4.69, 9.17) is 0 Å². The fourth-order valence-corrected chi connectivity index (χ4v) is 3.60. The third kappa shape index (κ3) is 2.50. The van der Waals surface area contributed by atoms with Crippen LogP contribution in [0.1, 0.15) is 37.3 Å². The molecule has 2 aliphatic rings. The molecule has 0 saturated carbocycles. The molecular weight excluding hydrogens is 292 g/mol. The van der Waals surface area contributed by atoms with E-state index in [9.17, 15) is 4.79 Å². The standard InChI is InChI=1S/C16H22N6O/c1-13-15-17-11-14(12-20-8-4-5-18-20)22(15)10-9-21(13)16(23)19-6-2-3-7-19/h4-5,8,11,13H,2-3,6-7,9-10,12H2,1H3/t13-/m0/s1. The maximum atomic E-state index is 12.7. The Morgan fingerprint density at radius 1 is 1.26 bits per heavy atom. The number of amides is 2. The van der Waals surface area contributed by atoms with Gasteiger partial charge < -0.3 is 14.4 Å². The van der Waals surface area contributed by atoms with Crippen LogP contribution in [0, 0.1) is 0 Å². The molecule has 0 N–H and O–H groups in total. The number of carbonyl (C=O) groups is 1. The van der Waals surface area contributed by atoms with E-state index in [1.54, 1.807) is 6.20 Å². The minimum Gasteiger partial charge on any atom is -0.327 e. The number of fused-ring (bicyclic) bond motifs is 1. The summed E-state index contributed by atoms with van der Waals surface area (Å²) in [6, 6.07) is 2.10. The van der Waals surface area contributed by atoms with E-state index in [2.05, 4.69) is 21.6 Å². The summed E-state index contributed by atoms with van der Waals surface area (Å²) in [7, 11) is 0. The van der Waals surface area contributed by atoms with E-state index >= 15 is 0 Å². The van der Waals surface area contributed by atoms with E-state index in [0.717, 1.165) is 50.5 Å². The van der Waals surface area contributed by atoms with E-state index in [1.807, 2.05) is 32.9 Å². The number of hydrogen-bond donors (Lipinski definition) is 0. The fraction of sp³-hybridized carbons (Fsp3) is 0.562. The van der Waals surface area contributed by atoms with Gasteiger partial charge in [-0.1, -0.05) is 0 Å². The molecule has 4 heterocycles. The molecule has 0 unspecified atom stereocenters. The highest BCUT2D eigenvalue weighted by Crippen LogP contribution is 2.27. The molecule has 2 aromatic rings. The van der Waals surface area contributed by atoms with Crippen LogP contribution < -0.4 is 0 Å². The van der Waals surface area contributed by atoms with Crippen LogP contribution in [-0.2, 0) is 13.1 Å². The molecular formula is C16H22N6O. The summed E-state index contributed by atoms with van der Waals surface area (Å²) in [4.78, 5) is 21.2. The molecule has 0 radical (unpaired) electrons. The lowest BCUT2D eigenvalue weighted by atomic mass is 10.2. The SMILES string of the molecule is C[C@H]1c2ncc(Cn3cccn3)n2CCN1C(=O)N1CCCC1. The summed E-state index contributed by atoms with van der Waals surface area (Å²) in [6.07, 6.45) is 7.90. The van der Waals surface area contributed by atoms with Crippen molar-refractivity contribution >= 4 is 6.03 Å². The second-order valence-corrected chi connectivity index (χ2v) is 6.31. The van der Waals surface area contributed by atoms with Gasteiger partial charge in [0, 0.05) is 38.6 Å². The first kappa shape index (κ1) is 14.3. The van der Waals surface area contributed by atoms with Crippen LogP contribution in [0.25, 0.3) is 0 Å². The lowest BCUT2D eigenvalue weighted by molar-refractivity contribution is 0.129. The lowest BCUT2D eigenvalue weighted by Crippen LogP contribution is -2.47. The molecule has 1 atom stereocenters. The smallest absolute Gasteiger partial charge is 0.320 e. The Morgan fingerprint density at radius 2 is 2.09 bits per heavy atom. The molecule has 2 aromatic heterocycles. The third-order valence-electron chi connectivity index (χ3n) is 4.88. The number of hydrogen-bond acceptors (Lipinski definition) is 3. The van der Waals surface area contributed by atoms with Crippen molar-refractivity contribution in [2.45, 2.75) is 38.9 Å². The molecule has 7 heteroatoms. The minimum atomic E-state index is 0.0169. The Hall–Kier alpha value is -2.31. The van der Waals surface area contributed by atoms with Crippen LogP contribution in [0.4, 0.5) is 4.79 Å². The molecule has 122 valence electrons. The molecule has 1 saturated heterocycles. The average Bonchev–Trinajstić information content (AvgIpc) is 3.30. The highest BCUT2D eigenvalue weighted by Gasteiger charge is 2.33. The number of imidazole rings is 1. The first-order valence-electron chi connectivity index (χ1n) is 8.31. The van der Waals surface area contributed by atoms with Crippen molar-refractivity contribution in [1.82, 2.24) is 29.1 Å². The zero-order chi connectivity index (χ0) is 15.8. The summed E-state index contributed by atoms with van der Waals surface area (Å²) in [5.41, 5.74) is 1.14. The Balaban J connectivity index is 1.54. The van der Waals surface area contributed by atoms with Crippen molar-refractivity contribution in [3.63, 3.8) is 0 Å². The maximum absolute atomic E-state index is 12.7. The van der Waals surface area contributed by atoms with Crippen LogP contribution in [0.3, 0.4) is 0 Å². The van der Waals surface area contributed by atoms with Gasteiger partial charge in [0.05, 0.1) is 24.5 Å². The summed E-state index contributed by atoms with van der Waals surface area (Å²) >= 11 is 0. The first-order valence-corrected chi connectivity index (χ1v) is 8.31. The zero-order valence-corrected chi connectivity index (χ0v) is 13.4. The molecule has 0 spiro atoms. The fourth-order valence-electron chi connectivity index (χ4n) is 3.60. The molecule has 0 aromatic carbocycles. The van der Waals surface area contributed by atoms with Crippen LogP contribution in [0.15, 0.2) is 24.7 Å². The zero-order valence-electron chi connectivity index (χ0n) is 13.4. The van der Waals surface area contributed by atoms with Gasteiger partial charge in [-0.3, -0.25) is 4.68 Å². The summed E-state index contributed by atoms with van der Waals surface area (Å²) in [5.74, 6) is 0.978. The third-order valence-corrected chi connectivity index (χ3v) is 4.88. The predicted octanol–water partition coefficient (Wildman–Crippen LogP) is 1.72. The molecule has 0 bridgehead atoms. The minimum absolute atomic E-state index is 0.0169. The lowest BCUT2D eigenvalue weighted by Gasteiger charge is -2.36. The number of carbonyl (C=O) groups excluding carboxylic acids is 1. The monoisotopic (exact) mass is 314 g/mol. The van der Waals surface area contributed by atoms with Gasteiger partial charge in [0.2, 0.25) is 0 Å². The normalized spacial score (nSPS) is 20.8. The van der Waals surface area contributed by atoms with Crippen molar-refractivity contribution < 1.29 is 4.79 Å². The first-order chi connectivity index (χ1) is 11.2. The van der Waals surface area contributed by atoms with Crippen LogP contribution in [0.2, 0.25) is 0 Å². The number of urea groups is 1. The molecule has 2 aliphatic heterocycles. The average molecular weight is 314 g/mol. The molecule has 2 amide bonds. The van der Waals surface area contributed by atoms with Gasteiger partial charge in [-0.15, -0.1) is 0 Å². The summed E-state index contributed by atoms with van der Waals surface area (Å²) in [5, 5.41) is 4.26. The Morgan fingerprint density at radius 3 is 2.83 bits per heavy atom. The predicted molar refractivity (Wildman–Crippen MR) is 84.9 cm³/mol. The molecule has 0 aliphatic carbocycles. The van der Waals surface area contributed by atoms with Gasteiger partial charge in [0.25, 0.3) is 0 Å². The number of rotatable bonds is 2. The molecule has 7 nitrogen and oxygen atoms in total. The van der Waals surface area contributed by atoms with Crippen molar-refractivity contribution in [3.8, 4) is 0 Å². The van der Waals surface area contributed by atoms with E-state index in [0.29, 0.717) is 6.54 Å². The van der Waals surface area contributed by atoms with Crippen LogP contribution in [0.5, 0.6) is 0 Å². The Labute approximate surface area is 135 Å². The van der Waals surface area contributed by atoms with E-state index in [-0.39, 0.29) is 12.1 Å². The summed E-state index contributed by atoms with van der Waals surface area (Å²) < 4.78 is 4.14. The number of aromatic nitrogens is 4. The summed E-state index contributed by atoms with van der Waals surface area (Å²) in [6.45, 7) is 6.11. The quantitative estimate of drug-likeness (QED) is 0.848. The van der Waals surface area contributed by atoms with Gasteiger partial charge in [-0.25, -0.2) is 9.78 Å². The van der Waals surface area contributed by atoms with E-state index in [1.165, 1.54) is 0 Å². The van der Waals surface area contributed by atoms with Gasteiger partial charge in [0.1, 0.15) is 5.82 Å². The maximum Gasteiger partial charge on any atom is 0.320 e. The second kappa shape index (κ2) is 5.72. The molecule has 1 fully saturated rings. The van der Waals surface area contributed by atoms with Gasteiger partial charge >= 0.3 is 6.03 Å². The topological polar surface area (TPSA) is 59.2 Å². The largest absolute Gasteiger partial charge is 0.327 e. The van der Waals surface area contributed by atoms with Gasteiger partial charge in [-0.2, -0.15) is 5.10 Å². The van der Waals surface area contributed by atoms with E-state index < -0.39 is 0 Å². The Kier molecular flexibility index (Phi) is 3.55. The highest BCUT2D eigenvalue weighted by molar-refractivity contribution is 5.75. The van der Waals surface area contributed by atoms with Crippen LogP contribution >= 0.6 is 0 Å². The number of nitrogens with zero attached hydrogens (tertiary/aromatic N) is 6. The van der Waals surface area contributed by atoms with Gasteiger partial charge in [-0.05, 0) is 25.8 Å². The number of likely N-dealkylation sites (tertiary alicyclic amines) is 1. The van der Waals surface area contributed by atoms with Crippen molar-refractivity contribution in [1.29, 1.82) is 0 Å². The van der Waals surface area contributed by atoms with Gasteiger partial charge in [0.15, 0.2) is 0 Å². The highest BCUT2D eigenvalue weighted by atomic mass is 16.2. The van der Waals surface area contributed by atoms with Crippen molar-refractivity contribution in [2.24, 2.45) is 0 Å². The van der Waals surface area contributed by atoms with Crippen molar-refractivity contribution in [3.05, 3.63) is 36.2 Å². The van der Waals surface area contributed by atoms with Crippen LogP contribution in [-0.4, -0.2) is 54.8 Å².